The number of ketones is 1. The SMILES string of the molecule is COc1cc(C(=O)Cc2ccoc2)ccc1C. The van der Waals surface area contributed by atoms with Crippen LogP contribution in [0.2, 0.25) is 0 Å². The molecule has 1 aromatic heterocycles. The summed E-state index contributed by atoms with van der Waals surface area (Å²) in [5.41, 5.74) is 2.57. The van der Waals surface area contributed by atoms with E-state index in [2.05, 4.69) is 0 Å². The van der Waals surface area contributed by atoms with E-state index in [1.54, 1.807) is 31.8 Å². The van der Waals surface area contributed by atoms with Crippen molar-refractivity contribution in [1.82, 2.24) is 0 Å². The molecular formula is C14H14O3. The van der Waals surface area contributed by atoms with Crippen LogP contribution in [-0.2, 0) is 6.42 Å². The lowest BCUT2D eigenvalue weighted by molar-refractivity contribution is 0.0992. The molecule has 2 rings (SSSR count). The molecule has 17 heavy (non-hydrogen) atoms. The number of furan rings is 1. The highest BCUT2D eigenvalue weighted by atomic mass is 16.5. The van der Waals surface area contributed by atoms with Crippen molar-refractivity contribution >= 4 is 5.78 Å². The molecule has 0 N–H and O–H groups in total. The molecule has 3 heteroatoms. The highest BCUT2D eigenvalue weighted by Crippen LogP contribution is 2.20. The number of rotatable bonds is 4. The minimum absolute atomic E-state index is 0.0599. The fraction of sp³-hybridized carbons (Fsp3) is 0.214. The monoisotopic (exact) mass is 230 g/mol. The van der Waals surface area contributed by atoms with E-state index in [0.717, 1.165) is 16.9 Å². The predicted octanol–water partition coefficient (Wildman–Crippen LogP) is 3.02. The number of ether oxygens (including phenoxy) is 1. The van der Waals surface area contributed by atoms with Crippen molar-refractivity contribution in [3.8, 4) is 5.75 Å². The van der Waals surface area contributed by atoms with Gasteiger partial charge in [0.2, 0.25) is 0 Å². The molecule has 0 amide bonds. The zero-order chi connectivity index (χ0) is 12.3. The molecule has 0 bridgehead atoms. The Morgan fingerprint density at radius 2 is 2.18 bits per heavy atom. The van der Waals surface area contributed by atoms with Crippen LogP contribution in [0.15, 0.2) is 41.2 Å². The minimum atomic E-state index is 0.0599. The van der Waals surface area contributed by atoms with Gasteiger partial charge in [-0.05, 0) is 30.2 Å². The number of methoxy groups -OCH3 is 1. The molecule has 0 aliphatic carbocycles. The van der Waals surface area contributed by atoms with Crippen LogP contribution in [-0.4, -0.2) is 12.9 Å². The van der Waals surface area contributed by atoms with E-state index in [4.69, 9.17) is 9.15 Å². The molecule has 0 spiro atoms. The molecular weight excluding hydrogens is 216 g/mol. The molecule has 0 saturated carbocycles. The van der Waals surface area contributed by atoms with Gasteiger partial charge >= 0.3 is 0 Å². The molecule has 3 nitrogen and oxygen atoms in total. The summed E-state index contributed by atoms with van der Waals surface area (Å²) in [6, 6.07) is 7.28. The van der Waals surface area contributed by atoms with Gasteiger partial charge in [0, 0.05) is 12.0 Å². The maximum absolute atomic E-state index is 12.0. The number of aryl methyl sites for hydroxylation is 1. The Kier molecular flexibility index (Phi) is 3.28. The summed E-state index contributed by atoms with van der Waals surface area (Å²) >= 11 is 0. The van der Waals surface area contributed by atoms with Crippen molar-refractivity contribution in [3.05, 3.63) is 53.5 Å². The standard InChI is InChI=1S/C14H14O3/c1-10-3-4-12(8-14(10)16-2)13(15)7-11-5-6-17-9-11/h3-6,8-9H,7H2,1-2H3. The summed E-state index contributed by atoms with van der Waals surface area (Å²) < 4.78 is 10.1. The Morgan fingerprint density at radius 3 is 2.82 bits per heavy atom. The number of carbonyl (C=O) groups excluding carboxylic acids is 1. The van der Waals surface area contributed by atoms with Gasteiger partial charge in [0.25, 0.3) is 0 Å². The molecule has 1 heterocycles. The van der Waals surface area contributed by atoms with Crippen LogP contribution in [0.3, 0.4) is 0 Å². The normalized spacial score (nSPS) is 10.2. The Bertz CT molecular complexity index is 512. The molecule has 0 atom stereocenters. The van der Waals surface area contributed by atoms with Crippen molar-refractivity contribution in [1.29, 1.82) is 0 Å². The van der Waals surface area contributed by atoms with Crippen molar-refractivity contribution in [3.63, 3.8) is 0 Å². The first-order valence-corrected chi connectivity index (χ1v) is 5.39. The van der Waals surface area contributed by atoms with Gasteiger partial charge in [-0.2, -0.15) is 0 Å². The molecule has 1 aromatic carbocycles. The molecule has 0 unspecified atom stereocenters. The first kappa shape index (κ1) is 11.5. The number of hydrogen-bond donors (Lipinski definition) is 0. The van der Waals surface area contributed by atoms with E-state index < -0.39 is 0 Å². The fourth-order valence-electron chi connectivity index (χ4n) is 1.67. The van der Waals surface area contributed by atoms with Gasteiger partial charge in [-0.1, -0.05) is 12.1 Å². The third-order valence-electron chi connectivity index (χ3n) is 2.67. The molecule has 0 aliphatic heterocycles. The predicted molar refractivity (Wildman–Crippen MR) is 64.5 cm³/mol. The van der Waals surface area contributed by atoms with Crippen LogP contribution >= 0.6 is 0 Å². The number of hydrogen-bond acceptors (Lipinski definition) is 3. The van der Waals surface area contributed by atoms with E-state index in [0.29, 0.717) is 12.0 Å². The van der Waals surface area contributed by atoms with Gasteiger partial charge in [-0.25, -0.2) is 0 Å². The molecule has 2 aromatic rings. The van der Waals surface area contributed by atoms with Gasteiger partial charge in [0.15, 0.2) is 5.78 Å². The van der Waals surface area contributed by atoms with Crippen LogP contribution < -0.4 is 4.74 Å². The van der Waals surface area contributed by atoms with Crippen LogP contribution in [0.1, 0.15) is 21.5 Å². The van der Waals surface area contributed by atoms with Crippen LogP contribution in [0.5, 0.6) is 5.75 Å². The smallest absolute Gasteiger partial charge is 0.167 e. The number of benzene rings is 1. The van der Waals surface area contributed by atoms with Crippen molar-refractivity contribution < 1.29 is 13.9 Å². The van der Waals surface area contributed by atoms with E-state index in [1.807, 2.05) is 19.1 Å². The van der Waals surface area contributed by atoms with Crippen LogP contribution in [0.25, 0.3) is 0 Å². The van der Waals surface area contributed by atoms with Crippen LogP contribution in [0, 0.1) is 6.92 Å². The highest BCUT2D eigenvalue weighted by molar-refractivity contribution is 5.97. The average Bonchev–Trinajstić information content (AvgIpc) is 2.82. The first-order chi connectivity index (χ1) is 8.20. The highest BCUT2D eigenvalue weighted by Gasteiger charge is 2.10. The third kappa shape index (κ3) is 2.56. The summed E-state index contributed by atoms with van der Waals surface area (Å²) in [5.74, 6) is 0.799. The van der Waals surface area contributed by atoms with E-state index >= 15 is 0 Å². The van der Waals surface area contributed by atoms with Crippen LogP contribution in [0.4, 0.5) is 0 Å². The largest absolute Gasteiger partial charge is 0.496 e. The quantitative estimate of drug-likeness (QED) is 0.758. The Balaban J connectivity index is 2.19. The molecule has 0 aliphatic rings. The lowest BCUT2D eigenvalue weighted by atomic mass is 10.0. The van der Waals surface area contributed by atoms with Crippen molar-refractivity contribution in [2.75, 3.05) is 7.11 Å². The van der Waals surface area contributed by atoms with Gasteiger partial charge in [-0.3, -0.25) is 4.79 Å². The summed E-state index contributed by atoms with van der Waals surface area (Å²) in [4.78, 5) is 12.0. The zero-order valence-corrected chi connectivity index (χ0v) is 9.90. The lowest BCUT2D eigenvalue weighted by Gasteiger charge is -2.06. The second-order valence-corrected chi connectivity index (χ2v) is 3.92. The maximum Gasteiger partial charge on any atom is 0.167 e. The summed E-state index contributed by atoms with van der Waals surface area (Å²) in [6.07, 6.45) is 3.50. The van der Waals surface area contributed by atoms with Crippen molar-refractivity contribution in [2.45, 2.75) is 13.3 Å². The third-order valence-corrected chi connectivity index (χ3v) is 2.67. The summed E-state index contributed by atoms with van der Waals surface area (Å²) in [7, 11) is 1.60. The molecule has 0 saturated heterocycles. The fourth-order valence-corrected chi connectivity index (χ4v) is 1.67. The Morgan fingerprint density at radius 1 is 1.35 bits per heavy atom. The van der Waals surface area contributed by atoms with Gasteiger partial charge < -0.3 is 9.15 Å². The number of carbonyl (C=O) groups is 1. The van der Waals surface area contributed by atoms with Gasteiger partial charge in [0.1, 0.15) is 5.75 Å². The van der Waals surface area contributed by atoms with E-state index in [-0.39, 0.29) is 5.78 Å². The Labute approximate surface area is 100 Å². The molecule has 0 fully saturated rings. The van der Waals surface area contributed by atoms with Gasteiger partial charge in [-0.15, -0.1) is 0 Å². The average molecular weight is 230 g/mol. The molecule has 0 radical (unpaired) electrons. The Hall–Kier alpha value is -2.03. The van der Waals surface area contributed by atoms with Gasteiger partial charge in [0.05, 0.1) is 19.6 Å². The zero-order valence-electron chi connectivity index (χ0n) is 9.90. The van der Waals surface area contributed by atoms with Crippen molar-refractivity contribution in [2.24, 2.45) is 0 Å². The topological polar surface area (TPSA) is 39.4 Å². The minimum Gasteiger partial charge on any atom is -0.496 e. The van der Waals surface area contributed by atoms with E-state index in [9.17, 15) is 4.79 Å². The lowest BCUT2D eigenvalue weighted by Crippen LogP contribution is -2.03. The molecule has 88 valence electrons. The summed E-state index contributed by atoms with van der Waals surface area (Å²) in [5, 5.41) is 0. The first-order valence-electron chi connectivity index (χ1n) is 5.39. The number of Topliss-reactive ketones (excluding diaryl/α,β-unsaturated/α-hetero) is 1. The maximum atomic E-state index is 12.0. The second-order valence-electron chi connectivity index (χ2n) is 3.92. The van der Waals surface area contributed by atoms with E-state index in [1.165, 1.54) is 0 Å². The summed E-state index contributed by atoms with van der Waals surface area (Å²) in [6.45, 7) is 1.95. The second kappa shape index (κ2) is 4.87.